The number of nitrogens with zero attached hydrogens (tertiary/aromatic N) is 4. The first-order valence-corrected chi connectivity index (χ1v) is 9.31. The van der Waals surface area contributed by atoms with Gasteiger partial charge in [0, 0.05) is 26.0 Å². The molecule has 0 spiro atoms. The number of nitrogens with one attached hydrogen (secondary N) is 2. The minimum atomic E-state index is -0.568. The molecule has 0 bridgehead atoms. The van der Waals surface area contributed by atoms with Crippen molar-refractivity contribution in [2.45, 2.75) is 25.8 Å². The largest absolute Gasteiger partial charge is 0.365 e. The third-order valence-corrected chi connectivity index (χ3v) is 4.79. The van der Waals surface area contributed by atoms with E-state index in [0.29, 0.717) is 18.3 Å². The number of hydrogen-bond acceptors (Lipinski definition) is 6. The number of anilines is 3. The van der Waals surface area contributed by atoms with Crippen molar-refractivity contribution < 1.29 is 4.79 Å². The molecule has 0 atom stereocenters. The van der Waals surface area contributed by atoms with Gasteiger partial charge < -0.3 is 16.4 Å². The van der Waals surface area contributed by atoms with Crippen LogP contribution in [0.1, 0.15) is 34.3 Å². The summed E-state index contributed by atoms with van der Waals surface area (Å²) in [5.41, 5.74) is 9.05. The molecule has 144 valence electrons. The number of hydrogen-bond donors (Lipinski definition) is 3. The van der Waals surface area contributed by atoms with Gasteiger partial charge in [-0.15, -0.1) is 0 Å². The van der Waals surface area contributed by atoms with E-state index in [1.165, 1.54) is 30.2 Å². The third kappa shape index (κ3) is 4.28. The molecule has 28 heavy (non-hydrogen) atoms. The Labute approximate surface area is 163 Å². The highest BCUT2D eigenvalue weighted by molar-refractivity contribution is 5.97. The first-order chi connectivity index (χ1) is 13.6. The van der Waals surface area contributed by atoms with Gasteiger partial charge in [0.1, 0.15) is 5.82 Å². The summed E-state index contributed by atoms with van der Waals surface area (Å²) >= 11 is 0. The van der Waals surface area contributed by atoms with E-state index in [-0.39, 0.29) is 5.56 Å². The molecule has 2 heterocycles. The fourth-order valence-electron chi connectivity index (χ4n) is 3.11. The van der Waals surface area contributed by atoms with E-state index in [0.717, 1.165) is 18.0 Å². The summed E-state index contributed by atoms with van der Waals surface area (Å²) in [6.07, 6.45) is 8.63. The molecule has 0 radical (unpaired) electrons. The highest BCUT2D eigenvalue weighted by Gasteiger charge is 2.22. The lowest BCUT2D eigenvalue weighted by atomic mass is 10.0. The Morgan fingerprint density at radius 3 is 2.71 bits per heavy atom. The lowest BCUT2D eigenvalue weighted by Gasteiger charge is -2.13. The molecule has 0 saturated heterocycles. The van der Waals surface area contributed by atoms with Gasteiger partial charge in [-0.05, 0) is 36.3 Å². The van der Waals surface area contributed by atoms with Crippen LogP contribution in [-0.2, 0) is 20.0 Å². The topological polar surface area (TPSA) is 111 Å². The van der Waals surface area contributed by atoms with E-state index in [1.807, 2.05) is 19.3 Å². The average molecular weight is 377 g/mol. The summed E-state index contributed by atoms with van der Waals surface area (Å²) in [4.78, 5) is 20.4. The molecule has 4 rings (SSSR count). The normalized spacial score (nSPS) is 13.3. The van der Waals surface area contributed by atoms with Gasteiger partial charge in [0.2, 0.25) is 5.95 Å². The van der Waals surface area contributed by atoms with Gasteiger partial charge in [-0.1, -0.05) is 24.3 Å². The number of aromatic nitrogens is 4. The summed E-state index contributed by atoms with van der Waals surface area (Å²) in [6, 6.07) is 8.36. The Morgan fingerprint density at radius 1 is 1.25 bits per heavy atom. The Kier molecular flexibility index (Phi) is 4.92. The predicted octanol–water partition coefficient (Wildman–Crippen LogP) is 2.62. The van der Waals surface area contributed by atoms with Gasteiger partial charge in [0.25, 0.3) is 5.91 Å². The van der Waals surface area contributed by atoms with Crippen LogP contribution in [0.15, 0.2) is 42.9 Å². The number of nitrogens with two attached hydrogens (primary N) is 1. The van der Waals surface area contributed by atoms with Crippen molar-refractivity contribution in [1.82, 2.24) is 19.7 Å². The molecule has 2 aromatic heterocycles. The lowest BCUT2D eigenvalue weighted by molar-refractivity contribution is 0.100. The molecule has 1 fully saturated rings. The lowest BCUT2D eigenvalue weighted by Crippen LogP contribution is -2.17. The standard InChI is InChI=1S/C20H23N7O/c1-27-12-16(10-24-27)25-20-23-11-17(18(21)28)19(26-20)22-9-15-5-3-2-4-14(15)8-13-6-7-13/h2-5,10-13H,6-9H2,1H3,(H2,21,28)(H2,22,23,25,26). The first kappa shape index (κ1) is 18.0. The predicted molar refractivity (Wildman–Crippen MR) is 107 cm³/mol. The van der Waals surface area contributed by atoms with Gasteiger partial charge in [0.05, 0.1) is 17.4 Å². The number of aryl methyl sites for hydroxylation is 1. The van der Waals surface area contributed by atoms with Crippen LogP contribution in [0.3, 0.4) is 0 Å². The molecular formula is C20H23N7O. The van der Waals surface area contributed by atoms with Gasteiger partial charge in [-0.3, -0.25) is 9.48 Å². The quantitative estimate of drug-likeness (QED) is 0.556. The Balaban J connectivity index is 1.53. The van der Waals surface area contributed by atoms with E-state index in [4.69, 9.17) is 5.73 Å². The molecule has 1 saturated carbocycles. The third-order valence-electron chi connectivity index (χ3n) is 4.79. The van der Waals surface area contributed by atoms with Gasteiger partial charge >= 0.3 is 0 Å². The number of carbonyl (C=O) groups excluding carboxylic acids is 1. The highest BCUT2D eigenvalue weighted by Crippen LogP contribution is 2.33. The fourth-order valence-corrected chi connectivity index (χ4v) is 3.11. The minimum absolute atomic E-state index is 0.261. The minimum Gasteiger partial charge on any atom is -0.365 e. The van der Waals surface area contributed by atoms with Gasteiger partial charge in [-0.25, -0.2) is 4.98 Å². The van der Waals surface area contributed by atoms with E-state index < -0.39 is 5.91 Å². The van der Waals surface area contributed by atoms with Crippen LogP contribution in [0.2, 0.25) is 0 Å². The molecule has 1 aliphatic rings. The van der Waals surface area contributed by atoms with E-state index >= 15 is 0 Å². The maximum atomic E-state index is 11.8. The first-order valence-electron chi connectivity index (χ1n) is 9.31. The second-order valence-corrected chi connectivity index (χ2v) is 7.12. The van der Waals surface area contributed by atoms with Gasteiger partial charge in [-0.2, -0.15) is 10.1 Å². The Morgan fingerprint density at radius 2 is 2.04 bits per heavy atom. The van der Waals surface area contributed by atoms with Gasteiger partial charge in [0.15, 0.2) is 0 Å². The molecule has 1 aromatic carbocycles. The van der Waals surface area contributed by atoms with E-state index in [1.54, 1.807) is 10.9 Å². The van der Waals surface area contributed by atoms with Crippen molar-refractivity contribution >= 4 is 23.4 Å². The van der Waals surface area contributed by atoms with Crippen molar-refractivity contribution in [2.75, 3.05) is 10.6 Å². The highest BCUT2D eigenvalue weighted by atomic mass is 16.1. The smallest absolute Gasteiger partial charge is 0.254 e. The Hall–Kier alpha value is -3.42. The number of carbonyl (C=O) groups is 1. The van der Waals surface area contributed by atoms with E-state index in [9.17, 15) is 4.79 Å². The summed E-state index contributed by atoms with van der Waals surface area (Å²) in [5.74, 6) is 1.01. The van der Waals surface area contributed by atoms with Crippen LogP contribution < -0.4 is 16.4 Å². The summed E-state index contributed by atoms with van der Waals surface area (Å²) in [5, 5.41) is 10.4. The average Bonchev–Trinajstić information content (AvgIpc) is 3.40. The van der Waals surface area contributed by atoms with E-state index in [2.05, 4.69) is 43.9 Å². The molecule has 1 amide bonds. The molecule has 8 heteroatoms. The summed E-state index contributed by atoms with van der Waals surface area (Å²) in [6.45, 7) is 0.562. The Bertz CT molecular complexity index is 994. The van der Waals surface area contributed by atoms with Crippen LogP contribution >= 0.6 is 0 Å². The number of primary amides is 1. The number of benzene rings is 1. The van der Waals surface area contributed by atoms with Crippen molar-refractivity contribution in [3.8, 4) is 0 Å². The monoisotopic (exact) mass is 377 g/mol. The molecule has 8 nitrogen and oxygen atoms in total. The molecule has 0 unspecified atom stereocenters. The zero-order chi connectivity index (χ0) is 19.5. The van der Waals surface area contributed by atoms with Crippen molar-refractivity contribution in [3.05, 3.63) is 59.5 Å². The molecule has 3 aromatic rings. The van der Waals surface area contributed by atoms with Crippen molar-refractivity contribution in [3.63, 3.8) is 0 Å². The molecule has 4 N–H and O–H groups in total. The van der Waals surface area contributed by atoms with Crippen LogP contribution in [-0.4, -0.2) is 25.7 Å². The molecule has 0 aliphatic heterocycles. The molecule has 1 aliphatic carbocycles. The molecular weight excluding hydrogens is 354 g/mol. The summed E-state index contributed by atoms with van der Waals surface area (Å²) < 4.78 is 1.68. The SMILES string of the molecule is Cn1cc(Nc2ncc(C(N)=O)c(NCc3ccccc3CC3CC3)n2)cn1. The maximum Gasteiger partial charge on any atom is 0.254 e. The summed E-state index contributed by atoms with van der Waals surface area (Å²) in [7, 11) is 1.83. The van der Waals surface area contributed by atoms with Crippen LogP contribution in [0.25, 0.3) is 0 Å². The zero-order valence-corrected chi connectivity index (χ0v) is 15.7. The maximum absolute atomic E-state index is 11.8. The van der Waals surface area contributed by atoms with Crippen LogP contribution in [0.5, 0.6) is 0 Å². The fraction of sp³-hybridized carbons (Fsp3) is 0.300. The van der Waals surface area contributed by atoms with Crippen molar-refractivity contribution in [2.24, 2.45) is 18.7 Å². The number of amides is 1. The van der Waals surface area contributed by atoms with Crippen molar-refractivity contribution in [1.29, 1.82) is 0 Å². The number of rotatable bonds is 8. The second kappa shape index (κ2) is 7.67. The van der Waals surface area contributed by atoms with Crippen LogP contribution in [0.4, 0.5) is 17.5 Å². The van der Waals surface area contributed by atoms with Crippen LogP contribution in [0, 0.1) is 5.92 Å². The second-order valence-electron chi connectivity index (χ2n) is 7.12. The zero-order valence-electron chi connectivity index (χ0n) is 15.7.